The number of nitrogens with one attached hydrogen (secondary N) is 1. The highest BCUT2D eigenvalue weighted by Crippen LogP contribution is 2.15. The summed E-state index contributed by atoms with van der Waals surface area (Å²) in [6.07, 6.45) is 2.72. The summed E-state index contributed by atoms with van der Waals surface area (Å²) >= 11 is 0. The van der Waals surface area contributed by atoms with Crippen molar-refractivity contribution < 1.29 is 13.2 Å². The Balaban J connectivity index is 2.50. The number of hydrogen-bond acceptors (Lipinski definition) is 4. The van der Waals surface area contributed by atoms with Crippen molar-refractivity contribution in [2.45, 2.75) is 44.8 Å². The molecular formula is C10H22N2O3S. The minimum atomic E-state index is -3.31. The molecule has 0 aromatic rings. The number of hydrogen-bond donors (Lipinski definition) is 2. The van der Waals surface area contributed by atoms with Gasteiger partial charge in [-0.2, -0.15) is 0 Å². The van der Waals surface area contributed by atoms with Crippen molar-refractivity contribution in [2.75, 3.05) is 18.9 Å². The number of ether oxygens (including phenoxy) is 1. The standard InChI is InChI=1S/C10H22N2O3S/c1-10(2,8-11)12-16(13,14)7-9-5-3-4-6-15-9/h9,12H,3-8,11H2,1-2H3. The third-order valence-corrected chi connectivity index (χ3v) is 4.30. The molecule has 0 aromatic carbocycles. The van der Waals surface area contributed by atoms with E-state index in [2.05, 4.69) is 4.72 Å². The average Bonchev–Trinajstić information content (AvgIpc) is 2.17. The molecule has 5 nitrogen and oxygen atoms in total. The van der Waals surface area contributed by atoms with Gasteiger partial charge in [0.2, 0.25) is 10.0 Å². The third-order valence-electron chi connectivity index (χ3n) is 2.62. The summed E-state index contributed by atoms with van der Waals surface area (Å²) in [7, 11) is -3.31. The molecule has 1 saturated heterocycles. The van der Waals surface area contributed by atoms with Crippen LogP contribution in [0.25, 0.3) is 0 Å². The molecule has 6 heteroatoms. The predicted molar refractivity (Wildman–Crippen MR) is 63.6 cm³/mol. The third kappa shape index (κ3) is 4.78. The molecular weight excluding hydrogens is 228 g/mol. The lowest BCUT2D eigenvalue weighted by Gasteiger charge is -2.27. The SMILES string of the molecule is CC(C)(CN)NS(=O)(=O)CC1CCCCO1. The van der Waals surface area contributed by atoms with Crippen LogP contribution in [0.4, 0.5) is 0 Å². The molecule has 3 N–H and O–H groups in total. The molecule has 0 spiro atoms. The van der Waals surface area contributed by atoms with Gasteiger partial charge in [0.25, 0.3) is 0 Å². The molecule has 0 bridgehead atoms. The highest BCUT2D eigenvalue weighted by molar-refractivity contribution is 7.89. The molecule has 1 fully saturated rings. The Bertz CT molecular complexity index is 308. The van der Waals surface area contributed by atoms with Gasteiger partial charge in [-0.05, 0) is 33.1 Å². The highest BCUT2D eigenvalue weighted by atomic mass is 32.2. The van der Waals surface area contributed by atoms with Gasteiger partial charge in [0.15, 0.2) is 0 Å². The molecule has 0 radical (unpaired) electrons. The zero-order chi connectivity index (χ0) is 12.2. The smallest absolute Gasteiger partial charge is 0.214 e. The van der Waals surface area contributed by atoms with Crippen LogP contribution in [-0.2, 0) is 14.8 Å². The zero-order valence-electron chi connectivity index (χ0n) is 10.0. The van der Waals surface area contributed by atoms with Gasteiger partial charge >= 0.3 is 0 Å². The summed E-state index contributed by atoms with van der Waals surface area (Å²) in [5, 5.41) is 0. The predicted octanol–water partition coefficient (Wildman–Crippen LogP) is 0.212. The minimum absolute atomic E-state index is 0.0381. The topological polar surface area (TPSA) is 81.4 Å². The van der Waals surface area contributed by atoms with E-state index in [1.807, 2.05) is 0 Å². The first-order valence-electron chi connectivity index (χ1n) is 5.68. The molecule has 1 heterocycles. The first kappa shape index (κ1) is 13.9. The van der Waals surface area contributed by atoms with Crippen LogP contribution in [0.15, 0.2) is 0 Å². The average molecular weight is 250 g/mol. The second-order valence-corrected chi connectivity index (χ2v) is 6.73. The van der Waals surface area contributed by atoms with Crippen molar-refractivity contribution in [3.63, 3.8) is 0 Å². The van der Waals surface area contributed by atoms with E-state index in [0.717, 1.165) is 19.3 Å². The molecule has 96 valence electrons. The van der Waals surface area contributed by atoms with E-state index in [9.17, 15) is 8.42 Å². The van der Waals surface area contributed by atoms with Crippen molar-refractivity contribution in [3.8, 4) is 0 Å². The van der Waals surface area contributed by atoms with Crippen molar-refractivity contribution in [3.05, 3.63) is 0 Å². The largest absolute Gasteiger partial charge is 0.377 e. The summed E-state index contributed by atoms with van der Waals surface area (Å²) in [6, 6.07) is 0. The van der Waals surface area contributed by atoms with Crippen LogP contribution in [0, 0.1) is 0 Å². The molecule has 16 heavy (non-hydrogen) atoms. The van der Waals surface area contributed by atoms with Crippen molar-refractivity contribution in [1.29, 1.82) is 0 Å². The molecule has 0 saturated carbocycles. The number of nitrogens with two attached hydrogens (primary N) is 1. The van der Waals surface area contributed by atoms with Gasteiger partial charge < -0.3 is 10.5 Å². The first-order valence-corrected chi connectivity index (χ1v) is 7.33. The Morgan fingerprint density at radius 1 is 1.44 bits per heavy atom. The molecule has 1 aliphatic rings. The maximum Gasteiger partial charge on any atom is 0.214 e. The Kier molecular flexibility index (Phi) is 4.73. The van der Waals surface area contributed by atoms with Gasteiger partial charge in [-0.25, -0.2) is 13.1 Å². The quantitative estimate of drug-likeness (QED) is 0.731. The number of rotatable bonds is 5. The molecule has 1 aliphatic heterocycles. The van der Waals surface area contributed by atoms with Crippen molar-refractivity contribution in [2.24, 2.45) is 5.73 Å². The van der Waals surface area contributed by atoms with E-state index < -0.39 is 15.6 Å². The van der Waals surface area contributed by atoms with Gasteiger partial charge in [-0.15, -0.1) is 0 Å². The van der Waals surface area contributed by atoms with E-state index in [-0.39, 0.29) is 18.4 Å². The summed E-state index contributed by atoms with van der Waals surface area (Å²) < 4.78 is 31.7. The Morgan fingerprint density at radius 3 is 2.62 bits per heavy atom. The van der Waals surface area contributed by atoms with Gasteiger partial charge in [-0.3, -0.25) is 0 Å². The van der Waals surface area contributed by atoms with Crippen LogP contribution in [0.2, 0.25) is 0 Å². The Labute approximate surface area is 97.8 Å². The second kappa shape index (κ2) is 5.44. The van der Waals surface area contributed by atoms with Crippen molar-refractivity contribution >= 4 is 10.0 Å². The van der Waals surface area contributed by atoms with Crippen LogP contribution in [-0.4, -0.2) is 39.0 Å². The van der Waals surface area contributed by atoms with Crippen LogP contribution in [0.3, 0.4) is 0 Å². The van der Waals surface area contributed by atoms with Gasteiger partial charge in [-0.1, -0.05) is 0 Å². The van der Waals surface area contributed by atoms with Gasteiger partial charge in [0.1, 0.15) is 0 Å². The normalized spacial score (nSPS) is 23.3. The lowest BCUT2D eigenvalue weighted by molar-refractivity contribution is 0.0303. The first-order chi connectivity index (χ1) is 7.35. The Hall–Kier alpha value is -0.170. The molecule has 0 aliphatic carbocycles. The maximum absolute atomic E-state index is 11.8. The molecule has 0 aromatic heterocycles. The summed E-state index contributed by atoms with van der Waals surface area (Å²) in [5.41, 5.74) is 4.90. The van der Waals surface area contributed by atoms with Gasteiger partial charge in [0, 0.05) is 18.7 Å². The maximum atomic E-state index is 11.8. The fourth-order valence-electron chi connectivity index (χ4n) is 1.69. The fraction of sp³-hybridized carbons (Fsp3) is 1.00. The second-order valence-electron chi connectivity index (χ2n) is 4.96. The molecule has 1 rings (SSSR count). The summed E-state index contributed by atoms with van der Waals surface area (Å²) in [6.45, 7) is 4.48. The monoisotopic (exact) mass is 250 g/mol. The van der Waals surface area contributed by atoms with E-state index >= 15 is 0 Å². The zero-order valence-corrected chi connectivity index (χ0v) is 10.8. The minimum Gasteiger partial charge on any atom is -0.377 e. The van der Waals surface area contributed by atoms with E-state index in [0.29, 0.717) is 6.61 Å². The van der Waals surface area contributed by atoms with E-state index in [4.69, 9.17) is 10.5 Å². The van der Waals surface area contributed by atoms with E-state index in [1.54, 1.807) is 13.8 Å². The summed E-state index contributed by atoms with van der Waals surface area (Å²) in [4.78, 5) is 0. The fourth-order valence-corrected chi connectivity index (χ4v) is 3.45. The van der Waals surface area contributed by atoms with Gasteiger partial charge in [0.05, 0.1) is 11.9 Å². The lowest BCUT2D eigenvalue weighted by atomic mass is 10.1. The van der Waals surface area contributed by atoms with Crippen molar-refractivity contribution in [1.82, 2.24) is 4.72 Å². The van der Waals surface area contributed by atoms with Crippen LogP contribution >= 0.6 is 0 Å². The summed E-state index contributed by atoms with van der Waals surface area (Å²) in [5.74, 6) is 0.0381. The molecule has 1 unspecified atom stereocenters. The van der Waals surface area contributed by atoms with Crippen LogP contribution in [0.5, 0.6) is 0 Å². The molecule has 0 amide bonds. The lowest BCUT2D eigenvalue weighted by Crippen LogP contribution is -2.50. The van der Waals surface area contributed by atoms with Crippen LogP contribution in [0.1, 0.15) is 33.1 Å². The Morgan fingerprint density at radius 2 is 2.12 bits per heavy atom. The van der Waals surface area contributed by atoms with E-state index in [1.165, 1.54) is 0 Å². The number of sulfonamides is 1. The highest BCUT2D eigenvalue weighted by Gasteiger charge is 2.27. The molecule has 1 atom stereocenters. The van der Waals surface area contributed by atoms with Crippen LogP contribution < -0.4 is 10.5 Å².